The number of benzene rings is 4. The van der Waals surface area contributed by atoms with Crippen LogP contribution in [-0.4, -0.2) is 88.7 Å². The van der Waals surface area contributed by atoms with Crippen LogP contribution in [0.25, 0.3) is 44.1 Å². The van der Waals surface area contributed by atoms with Crippen molar-refractivity contribution in [1.82, 2.24) is 39.9 Å². The normalized spacial score (nSPS) is 10.0. The number of phenolic OH excluding ortho intramolecular Hbond substituents is 4. The molecule has 0 saturated carbocycles. The fourth-order valence-corrected chi connectivity index (χ4v) is 4.43. The molecule has 53 heavy (non-hydrogen) atoms. The first kappa shape index (κ1) is 39.3. The molecule has 0 bridgehead atoms. The van der Waals surface area contributed by atoms with E-state index in [9.17, 15) is 20.4 Å². The van der Waals surface area contributed by atoms with Gasteiger partial charge in [-0.05, 0) is 48.5 Å². The second-order valence-corrected chi connectivity index (χ2v) is 10.2. The van der Waals surface area contributed by atoms with Crippen LogP contribution in [0.4, 0.5) is 0 Å². The molecule has 0 aliphatic rings. The summed E-state index contributed by atoms with van der Waals surface area (Å²) in [6.45, 7) is 0. The van der Waals surface area contributed by atoms with Crippen LogP contribution >= 0.6 is 0 Å². The fraction of sp³-hybridized carbons (Fsp3) is 0.111. The average Bonchev–Trinajstić information content (AvgIpc) is 3.18. The summed E-state index contributed by atoms with van der Waals surface area (Å²) in [6.07, 6.45) is 5.90. The zero-order valence-corrected chi connectivity index (χ0v) is 31.2. The van der Waals surface area contributed by atoms with E-state index in [1.165, 1.54) is 53.2 Å². The van der Waals surface area contributed by atoms with Crippen molar-refractivity contribution < 1.29 is 65.6 Å². The Morgan fingerprint density at radius 1 is 0.358 bits per heavy atom. The average molecular weight is 796 g/mol. The number of methoxy groups -OCH3 is 4. The van der Waals surface area contributed by atoms with Crippen LogP contribution < -0.4 is 18.9 Å². The summed E-state index contributed by atoms with van der Waals surface area (Å²) in [5, 5.41) is 37.6. The second-order valence-electron chi connectivity index (χ2n) is 10.2. The number of hydrogen-bond donors (Lipinski definition) is 4. The number of nitrogens with zero attached hydrogens (tertiary/aromatic N) is 8. The molecule has 0 unspecified atom stereocenters. The molecule has 0 aliphatic carbocycles. The van der Waals surface area contributed by atoms with E-state index in [0.717, 1.165) is 0 Å². The monoisotopic (exact) mass is 794 g/mol. The number of phenols is 4. The first-order chi connectivity index (χ1) is 25.2. The molecule has 8 rings (SSSR count). The van der Waals surface area contributed by atoms with E-state index in [4.69, 9.17) is 18.9 Å². The van der Waals surface area contributed by atoms with Gasteiger partial charge in [0.1, 0.15) is 45.1 Å². The number of fused-ring (bicyclic) bond motifs is 4. The van der Waals surface area contributed by atoms with E-state index < -0.39 is 0 Å². The molecule has 0 spiro atoms. The van der Waals surface area contributed by atoms with E-state index in [2.05, 4.69) is 39.9 Å². The minimum absolute atomic E-state index is 0. The van der Waals surface area contributed by atoms with Gasteiger partial charge >= 0.3 is 0 Å². The maximum atomic E-state index is 9.39. The molecule has 4 aromatic carbocycles. The van der Waals surface area contributed by atoms with Crippen molar-refractivity contribution in [3.05, 3.63) is 97.6 Å². The summed E-state index contributed by atoms with van der Waals surface area (Å²) in [5.74, 6) is 2.30. The molecule has 0 radical (unpaired) electrons. The summed E-state index contributed by atoms with van der Waals surface area (Å²) in [7, 11) is 6.11. The Balaban J connectivity index is 0.000000157. The Labute approximate surface area is 320 Å². The van der Waals surface area contributed by atoms with Crippen molar-refractivity contribution >= 4 is 44.1 Å². The Kier molecular flexibility index (Phi) is 13.8. The van der Waals surface area contributed by atoms with E-state index in [-0.39, 0.29) is 49.2 Å². The third-order valence-electron chi connectivity index (χ3n) is 6.95. The SMILES string of the molecule is COc1cnc2c(O)cccc2n1.COc1cnc2c(O)cccc2n1.COc1cnc2c(O)cccc2n1.COc1cnc2c(O)cccc2n1.[Zr]. The third kappa shape index (κ3) is 9.86. The Morgan fingerprint density at radius 2 is 0.566 bits per heavy atom. The summed E-state index contributed by atoms with van der Waals surface area (Å²) < 4.78 is 19.6. The van der Waals surface area contributed by atoms with Gasteiger partial charge in [0.05, 0.1) is 75.3 Å². The number of para-hydroxylation sites is 4. The minimum atomic E-state index is 0. The van der Waals surface area contributed by atoms with Gasteiger partial charge in [-0.25, -0.2) is 39.9 Å². The molecule has 8 aromatic rings. The van der Waals surface area contributed by atoms with E-state index in [1.807, 2.05) is 0 Å². The van der Waals surface area contributed by atoms with Crippen LogP contribution in [0.2, 0.25) is 0 Å². The summed E-state index contributed by atoms with van der Waals surface area (Å²) in [5.41, 5.74) is 4.45. The zero-order valence-electron chi connectivity index (χ0n) is 28.7. The standard InChI is InChI=1S/4C9H8N2O2.Zr/c4*1-13-8-5-10-9-6(11-8)3-2-4-7(9)12;/h4*2-5,12H,1H3;. The fourth-order valence-electron chi connectivity index (χ4n) is 4.43. The van der Waals surface area contributed by atoms with Gasteiger partial charge in [-0.3, -0.25) is 0 Å². The van der Waals surface area contributed by atoms with Crippen molar-refractivity contribution in [1.29, 1.82) is 0 Å². The van der Waals surface area contributed by atoms with Gasteiger partial charge in [-0.2, -0.15) is 0 Å². The zero-order chi connectivity index (χ0) is 37.0. The molecular weight excluding hydrogens is 764 g/mol. The van der Waals surface area contributed by atoms with E-state index in [1.54, 1.807) is 72.8 Å². The van der Waals surface area contributed by atoms with Crippen LogP contribution in [0.3, 0.4) is 0 Å². The van der Waals surface area contributed by atoms with Crippen molar-refractivity contribution in [2.45, 2.75) is 0 Å². The summed E-state index contributed by atoms with van der Waals surface area (Å²) in [6, 6.07) is 20.2. The number of rotatable bonds is 4. The van der Waals surface area contributed by atoms with E-state index >= 15 is 0 Å². The van der Waals surface area contributed by atoms with Crippen LogP contribution in [-0.2, 0) is 26.2 Å². The largest absolute Gasteiger partial charge is 0.506 e. The molecular formula is C36H32N8O8Zr. The molecule has 17 heteroatoms. The smallest absolute Gasteiger partial charge is 0.232 e. The molecule has 0 fully saturated rings. The topological polar surface area (TPSA) is 221 Å². The number of aromatic nitrogens is 8. The van der Waals surface area contributed by atoms with Crippen LogP contribution in [0.5, 0.6) is 46.5 Å². The Morgan fingerprint density at radius 3 is 0.755 bits per heavy atom. The molecule has 16 nitrogen and oxygen atoms in total. The molecule has 0 aliphatic heterocycles. The number of hydrogen-bond acceptors (Lipinski definition) is 16. The van der Waals surface area contributed by atoms with Gasteiger partial charge in [0.2, 0.25) is 23.5 Å². The Hall–Kier alpha value is -6.48. The maximum Gasteiger partial charge on any atom is 0.232 e. The third-order valence-corrected chi connectivity index (χ3v) is 6.95. The van der Waals surface area contributed by atoms with Crippen molar-refractivity contribution in [3.63, 3.8) is 0 Å². The molecule has 0 amide bonds. The molecule has 0 atom stereocenters. The molecule has 0 saturated heterocycles. The van der Waals surface area contributed by atoms with Crippen molar-refractivity contribution in [2.24, 2.45) is 0 Å². The molecule has 4 heterocycles. The summed E-state index contributed by atoms with van der Waals surface area (Å²) in [4.78, 5) is 32.5. The van der Waals surface area contributed by atoms with Crippen LogP contribution in [0.15, 0.2) is 97.6 Å². The number of ether oxygens (including phenoxy) is 4. The predicted octanol–water partition coefficient (Wildman–Crippen LogP) is 5.37. The van der Waals surface area contributed by atoms with Crippen molar-refractivity contribution in [3.8, 4) is 46.5 Å². The van der Waals surface area contributed by atoms with E-state index in [0.29, 0.717) is 67.7 Å². The maximum absolute atomic E-state index is 9.39. The molecule has 268 valence electrons. The summed E-state index contributed by atoms with van der Waals surface area (Å²) >= 11 is 0. The van der Waals surface area contributed by atoms with Gasteiger partial charge in [-0.1, -0.05) is 24.3 Å². The van der Waals surface area contributed by atoms with Crippen LogP contribution in [0, 0.1) is 0 Å². The van der Waals surface area contributed by atoms with Crippen molar-refractivity contribution in [2.75, 3.05) is 28.4 Å². The first-order valence-electron chi connectivity index (χ1n) is 15.2. The van der Waals surface area contributed by atoms with Crippen LogP contribution in [0.1, 0.15) is 0 Å². The predicted molar refractivity (Wildman–Crippen MR) is 191 cm³/mol. The van der Waals surface area contributed by atoms with Gasteiger partial charge in [0.15, 0.2) is 0 Å². The van der Waals surface area contributed by atoms with Gasteiger partial charge in [0.25, 0.3) is 0 Å². The Bertz CT molecular complexity index is 2120. The van der Waals surface area contributed by atoms with Gasteiger partial charge < -0.3 is 39.4 Å². The molecule has 4 N–H and O–H groups in total. The first-order valence-corrected chi connectivity index (χ1v) is 15.2. The minimum Gasteiger partial charge on any atom is -0.506 e. The number of aromatic hydroxyl groups is 4. The quantitative estimate of drug-likeness (QED) is 0.176. The van der Waals surface area contributed by atoms with Gasteiger partial charge in [-0.15, -0.1) is 0 Å². The molecule has 4 aromatic heterocycles. The van der Waals surface area contributed by atoms with Gasteiger partial charge in [0, 0.05) is 26.2 Å². The second kappa shape index (κ2) is 18.7.